The van der Waals surface area contributed by atoms with Gasteiger partial charge in [-0.05, 0) is 31.2 Å². The van der Waals surface area contributed by atoms with Crippen molar-refractivity contribution in [1.82, 2.24) is 14.9 Å². The molecule has 0 radical (unpaired) electrons. The molecule has 1 amide bonds. The summed E-state index contributed by atoms with van der Waals surface area (Å²) in [5.41, 5.74) is 0.818. The van der Waals surface area contributed by atoms with Gasteiger partial charge in [0.2, 0.25) is 5.91 Å². The first-order chi connectivity index (χ1) is 14.0. The van der Waals surface area contributed by atoms with Crippen LogP contribution < -0.4 is 10.9 Å². The van der Waals surface area contributed by atoms with E-state index in [-0.39, 0.29) is 5.69 Å². The number of para-hydroxylation sites is 1. The van der Waals surface area contributed by atoms with E-state index in [2.05, 4.69) is 15.6 Å². The minimum Gasteiger partial charge on any atom is -0.463 e. The molecule has 146 valence electrons. The standard InChI is InChI=1S/C20H15FN4O4/c1-12-9-17(29-24-12)13-10-19(27)25(23-20(13)16-7-4-8-28-16)11-18(26)22-15-6-3-2-5-14(15)21/h2-10H,11H2,1H3,(H,22,26). The molecule has 4 rings (SSSR count). The number of halogens is 1. The van der Waals surface area contributed by atoms with E-state index in [1.165, 1.54) is 30.5 Å². The molecule has 0 spiro atoms. The van der Waals surface area contributed by atoms with Crippen molar-refractivity contribution < 1.29 is 18.1 Å². The predicted octanol–water partition coefficient (Wildman–Crippen LogP) is 3.24. The first kappa shape index (κ1) is 18.4. The molecular weight excluding hydrogens is 379 g/mol. The summed E-state index contributed by atoms with van der Waals surface area (Å²) in [5, 5.41) is 10.5. The van der Waals surface area contributed by atoms with Gasteiger partial charge in [-0.2, -0.15) is 5.10 Å². The summed E-state index contributed by atoms with van der Waals surface area (Å²) in [6.07, 6.45) is 1.47. The number of nitrogens with zero attached hydrogens (tertiary/aromatic N) is 3. The van der Waals surface area contributed by atoms with Crippen LogP contribution >= 0.6 is 0 Å². The molecular formula is C20H15FN4O4. The average Bonchev–Trinajstić information content (AvgIpc) is 3.37. The molecule has 0 unspecified atom stereocenters. The van der Waals surface area contributed by atoms with Gasteiger partial charge in [-0.25, -0.2) is 9.07 Å². The van der Waals surface area contributed by atoms with Gasteiger partial charge < -0.3 is 14.3 Å². The van der Waals surface area contributed by atoms with Crippen molar-refractivity contribution in [1.29, 1.82) is 0 Å². The molecule has 0 aliphatic rings. The van der Waals surface area contributed by atoms with Gasteiger partial charge in [0.1, 0.15) is 18.1 Å². The third-order valence-electron chi connectivity index (χ3n) is 4.09. The number of aryl methyl sites for hydroxylation is 1. The number of hydrogen-bond acceptors (Lipinski definition) is 6. The molecule has 0 aliphatic heterocycles. The molecule has 3 heterocycles. The smallest absolute Gasteiger partial charge is 0.268 e. The van der Waals surface area contributed by atoms with E-state index < -0.39 is 23.8 Å². The highest BCUT2D eigenvalue weighted by molar-refractivity contribution is 5.90. The van der Waals surface area contributed by atoms with E-state index in [4.69, 9.17) is 8.94 Å². The number of furan rings is 1. The fourth-order valence-corrected chi connectivity index (χ4v) is 2.77. The Bertz CT molecular complexity index is 1230. The van der Waals surface area contributed by atoms with Gasteiger partial charge in [-0.1, -0.05) is 17.3 Å². The highest BCUT2D eigenvalue weighted by atomic mass is 19.1. The lowest BCUT2D eigenvalue weighted by Gasteiger charge is -2.10. The van der Waals surface area contributed by atoms with E-state index in [9.17, 15) is 14.0 Å². The van der Waals surface area contributed by atoms with Gasteiger partial charge in [0, 0.05) is 12.1 Å². The lowest BCUT2D eigenvalue weighted by molar-refractivity contribution is -0.117. The number of hydrogen-bond donors (Lipinski definition) is 1. The minimum atomic E-state index is -0.599. The average molecular weight is 394 g/mol. The summed E-state index contributed by atoms with van der Waals surface area (Å²) in [4.78, 5) is 24.9. The Morgan fingerprint density at radius 1 is 1.17 bits per heavy atom. The number of amides is 1. The summed E-state index contributed by atoms with van der Waals surface area (Å²) >= 11 is 0. The van der Waals surface area contributed by atoms with Crippen LogP contribution in [-0.4, -0.2) is 20.8 Å². The van der Waals surface area contributed by atoms with Gasteiger partial charge >= 0.3 is 0 Å². The zero-order valence-electron chi connectivity index (χ0n) is 15.3. The molecule has 8 nitrogen and oxygen atoms in total. The van der Waals surface area contributed by atoms with Crippen LogP contribution in [0.25, 0.3) is 22.8 Å². The topological polar surface area (TPSA) is 103 Å². The molecule has 1 N–H and O–H groups in total. The Morgan fingerprint density at radius 2 is 2.00 bits per heavy atom. The van der Waals surface area contributed by atoms with Crippen LogP contribution in [0.3, 0.4) is 0 Å². The summed E-state index contributed by atoms with van der Waals surface area (Å²) in [7, 11) is 0. The normalized spacial score (nSPS) is 10.8. The second kappa shape index (κ2) is 7.55. The fourth-order valence-electron chi connectivity index (χ4n) is 2.77. The summed E-state index contributed by atoms with van der Waals surface area (Å²) in [6, 6.07) is 12.1. The zero-order chi connectivity index (χ0) is 20.4. The zero-order valence-corrected chi connectivity index (χ0v) is 15.3. The van der Waals surface area contributed by atoms with Crippen molar-refractivity contribution in [2.24, 2.45) is 0 Å². The van der Waals surface area contributed by atoms with Crippen LogP contribution in [0.2, 0.25) is 0 Å². The Morgan fingerprint density at radius 3 is 2.69 bits per heavy atom. The Kier molecular flexibility index (Phi) is 4.78. The lowest BCUT2D eigenvalue weighted by atomic mass is 10.1. The Labute approximate surface area is 163 Å². The highest BCUT2D eigenvalue weighted by Crippen LogP contribution is 2.29. The van der Waals surface area contributed by atoms with E-state index in [1.54, 1.807) is 31.2 Å². The molecule has 3 aromatic heterocycles. The number of carbonyl (C=O) groups excluding carboxylic acids is 1. The van der Waals surface area contributed by atoms with Crippen LogP contribution in [0, 0.1) is 12.7 Å². The number of carbonyl (C=O) groups is 1. The molecule has 0 aliphatic carbocycles. The maximum absolute atomic E-state index is 13.7. The van der Waals surface area contributed by atoms with Crippen molar-refractivity contribution in [2.45, 2.75) is 13.5 Å². The van der Waals surface area contributed by atoms with E-state index in [1.807, 2.05) is 0 Å². The first-order valence-corrected chi connectivity index (χ1v) is 8.65. The molecule has 0 fully saturated rings. The van der Waals surface area contributed by atoms with Gasteiger partial charge in [0.25, 0.3) is 5.56 Å². The minimum absolute atomic E-state index is 0.0190. The number of benzene rings is 1. The summed E-state index contributed by atoms with van der Waals surface area (Å²) in [5.74, 6) is -0.439. The number of aromatic nitrogens is 3. The monoisotopic (exact) mass is 394 g/mol. The third kappa shape index (κ3) is 3.84. The Balaban J connectivity index is 1.69. The number of nitrogens with one attached hydrogen (secondary N) is 1. The third-order valence-corrected chi connectivity index (χ3v) is 4.09. The Hall–Kier alpha value is -4.01. The lowest BCUT2D eigenvalue weighted by Crippen LogP contribution is -2.30. The molecule has 4 aromatic rings. The van der Waals surface area contributed by atoms with Gasteiger partial charge in [-0.3, -0.25) is 9.59 Å². The van der Waals surface area contributed by atoms with E-state index in [0.29, 0.717) is 28.5 Å². The van der Waals surface area contributed by atoms with Crippen LogP contribution in [0.1, 0.15) is 5.69 Å². The summed E-state index contributed by atoms with van der Waals surface area (Å²) in [6.45, 7) is 1.35. The maximum atomic E-state index is 13.7. The molecule has 0 bridgehead atoms. The van der Waals surface area contributed by atoms with Crippen LogP contribution in [-0.2, 0) is 11.3 Å². The van der Waals surface area contributed by atoms with Gasteiger partial charge in [0.05, 0.1) is 23.2 Å². The predicted molar refractivity (Wildman–Crippen MR) is 101 cm³/mol. The second-order valence-electron chi connectivity index (χ2n) is 6.24. The van der Waals surface area contributed by atoms with Gasteiger partial charge in [0.15, 0.2) is 11.5 Å². The van der Waals surface area contributed by atoms with Crippen molar-refractivity contribution in [3.8, 4) is 22.8 Å². The second-order valence-corrected chi connectivity index (χ2v) is 6.24. The van der Waals surface area contributed by atoms with Crippen molar-refractivity contribution in [2.75, 3.05) is 5.32 Å². The molecule has 0 saturated carbocycles. The maximum Gasteiger partial charge on any atom is 0.268 e. The van der Waals surface area contributed by atoms with E-state index in [0.717, 1.165) is 4.68 Å². The van der Waals surface area contributed by atoms with Gasteiger partial charge in [-0.15, -0.1) is 0 Å². The molecule has 1 aromatic carbocycles. The number of rotatable bonds is 5. The van der Waals surface area contributed by atoms with E-state index >= 15 is 0 Å². The quantitative estimate of drug-likeness (QED) is 0.557. The molecule has 9 heteroatoms. The van der Waals surface area contributed by atoms with Crippen molar-refractivity contribution in [3.05, 3.63) is 76.7 Å². The first-order valence-electron chi connectivity index (χ1n) is 8.65. The van der Waals surface area contributed by atoms with Crippen LogP contribution in [0.15, 0.2) is 68.5 Å². The molecule has 0 saturated heterocycles. The largest absolute Gasteiger partial charge is 0.463 e. The fraction of sp³-hybridized carbons (Fsp3) is 0.100. The highest BCUT2D eigenvalue weighted by Gasteiger charge is 2.19. The van der Waals surface area contributed by atoms with Crippen molar-refractivity contribution >= 4 is 11.6 Å². The SMILES string of the molecule is Cc1cc(-c2cc(=O)n(CC(=O)Nc3ccccc3F)nc2-c2ccco2)on1. The molecule has 0 atom stereocenters. The summed E-state index contributed by atoms with van der Waals surface area (Å²) < 4.78 is 25.4. The van der Waals surface area contributed by atoms with Crippen LogP contribution in [0.5, 0.6) is 0 Å². The van der Waals surface area contributed by atoms with Crippen molar-refractivity contribution in [3.63, 3.8) is 0 Å². The van der Waals surface area contributed by atoms with Crippen LogP contribution in [0.4, 0.5) is 10.1 Å². The molecule has 29 heavy (non-hydrogen) atoms. The number of anilines is 1.